The SMILES string of the molecule is Cl.O=C1CC2(CCNCC2)N1. The van der Waals surface area contributed by atoms with Crippen molar-refractivity contribution in [2.24, 2.45) is 0 Å². The summed E-state index contributed by atoms with van der Waals surface area (Å²) in [4.78, 5) is 10.6. The molecule has 0 saturated carbocycles. The fourth-order valence-electron chi connectivity index (χ4n) is 1.79. The van der Waals surface area contributed by atoms with Crippen molar-refractivity contribution in [1.29, 1.82) is 0 Å². The highest BCUT2D eigenvalue weighted by Crippen LogP contribution is 2.28. The van der Waals surface area contributed by atoms with Crippen molar-refractivity contribution >= 4 is 18.3 Å². The second-order valence-corrected chi connectivity index (χ2v) is 3.26. The molecule has 0 aromatic carbocycles. The molecule has 0 aliphatic carbocycles. The summed E-state index contributed by atoms with van der Waals surface area (Å²) in [6.45, 7) is 2.11. The summed E-state index contributed by atoms with van der Waals surface area (Å²) in [6.07, 6.45) is 2.98. The Bertz CT molecular complexity index is 156. The van der Waals surface area contributed by atoms with E-state index in [1.165, 1.54) is 0 Å². The number of carbonyl (C=O) groups is 1. The largest absolute Gasteiger partial charge is 0.350 e. The third-order valence-electron chi connectivity index (χ3n) is 2.46. The van der Waals surface area contributed by atoms with Gasteiger partial charge in [-0.05, 0) is 25.9 Å². The number of rotatable bonds is 0. The molecular weight excluding hydrogens is 164 g/mol. The van der Waals surface area contributed by atoms with Crippen LogP contribution in [0.25, 0.3) is 0 Å². The van der Waals surface area contributed by atoms with E-state index in [2.05, 4.69) is 10.6 Å². The second kappa shape index (κ2) is 2.99. The van der Waals surface area contributed by atoms with Gasteiger partial charge in [-0.2, -0.15) is 0 Å². The first-order valence-electron chi connectivity index (χ1n) is 3.83. The third-order valence-corrected chi connectivity index (χ3v) is 2.46. The van der Waals surface area contributed by atoms with Crippen LogP contribution < -0.4 is 10.6 Å². The summed E-state index contributed by atoms with van der Waals surface area (Å²) in [5.41, 5.74) is 0.211. The minimum Gasteiger partial charge on any atom is -0.350 e. The van der Waals surface area contributed by atoms with Crippen molar-refractivity contribution in [2.75, 3.05) is 13.1 Å². The molecule has 4 heteroatoms. The predicted molar refractivity (Wildman–Crippen MR) is 44.8 cm³/mol. The summed E-state index contributed by atoms with van der Waals surface area (Å²) in [7, 11) is 0. The number of β-lactam (4-membered cyclic amide) rings is 1. The first kappa shape index (κ1) is 8.81. The van der Waals surface area contributed by atoms with Crippen LogP contribution in [0.15, 0.2) is 0 Å². The van der Waals surface area contributed by atoms with Crippen molar-refractivity contribution in [1.82, 2.24) is 10.6 Å². The van der Waals surface area contributed by atoms with Gasteiger partial charge in [0.05, 0.1) is 5.54 Å². The zero-order valence-electron chi connectivity index (χ0n) is 6.35. The van der Waals surface area contributed by atoms with Crippen LogP contribution in [0.3, 0.4) is 0 Å². The van der Waals surface area contributed by atoms with Gasteiger partial charge in [-0.25, -0.2) is 0 Å². The van der Waals surface area contributed by atoms with Crippen LogP contribution in [0.4, 0.5) is 0 Å². The van der Waals surface area contributed by atoms with Crippen LogP contribution >= 0.6 is 12.4 Å². The van der Waals surface area contributed by atoms with E-state index in [0.29, 0.717) is 0 Å². The van der Waals surface area contributed by atoms with Crippen LogP contribution in [-0.2, 0) is 4.79 Å². The zero-order chi connectivity index (χ0) is 7.03. The van der Waals surface area contributed by atoms with Gasteiger partial charge >= 0.3 is 0 Å². The van der Waals surface area contributed by atoms with Gasteiger partial charge in [-0.15, -0.1) is 12.4 Å². The second-order valence-electron chi connectivity index (χ2n) is 3.26. The summed E-state index contributed by atoms with van der Waals surface area (Å²) in [5.74, 6) is 0.224. The van der Waals surface area contributed by atoms with E-state index in [9.17, 15) is 4.79 Å². The molecule has 0 aromatic heterocycles. The fourth-order valence-corrected chi connectivity index (χ4v) is 1.79. The molecule has 0 atom stereocenters. The van der Waals surface area contributed by atoms with E-state index in [0.717, 1.165) is 32.4 Å². The maximum absolute atomic E-state index is 10.6. The lowest BCUT2D eigenvalue weighted by Gasteiger charge is -2.45. The van der Waals surface area contributed by atoms with Crippen molar-refractivity contribution < 1.29 is 4.79 Å². The highest BCUT2D eigenvalue weighted by atomic mass is 35.5. The van der Waals surface area contributed by atoms with E-state index >= 15 is 0 Å². The molecule has 1 amide bonds. The molecule has 1 spiro atoms. The lowest BCUT2D eigenvalue weighted by molar-refractivity contribution is -0.133. The number of halogens is 1. The van der Waals surface area contributed by atoms with Crippen molar-refractivity contribution in [3.63, 3.8) is 0 Å². The van der Waals surface area contributed by atoms with Crippen LogP contribution in [0, 0.1) is 0 Å². The highest BCUT2D eigenvalue weighted by Gasteiger charge is 2.42. The molecule has 2 aliphatic rings. The summed E-state index contributed by atoms with van der Waals surface area (Å²) >= 11 is 0. The van der Waals surface area contributed by atoms with E-state index in [1.54, 1.807) is 0 Å². The number of hydrogen-bond donors (Lipinski definition) is 2. The van der Waals surface area contributed by atoms with Gasteiger partial charge < -0.3 is 10.6 Å². The van der Waals surface area contributed by atoms with Crippen molar-refractivity contribution in [3.8, 4) is 0 Å². The molecule has 0 unspecified atom stereocenters. The molecule has 64 valence electrons. The molecule has 0 aromatic rings. The molecule has 2 fully saturated rings. The van der Waals surface area contributed by atoms with Gasteiger partial charge in [0.2, 0.25) is 5.91 Å². The Labute approximate surface area is 72.3 Å². The van der Waals surface area contributed by atoms with Gasteiger partial charge in [0, 0.05) is 6.42 Å². The number of hydrogen-bond acceptors (Lipinski definition) is 2. The first-order chi connectivity index (χ1) is 4.81. The minimum atomic E-state index is 0. The Hall–Kier alpha value is -0.280. The summed E-state index contributed by atoms with van der Waals surface area (Å²) < 4.78 is 0. The van der Waals surface area contributed by atoms with E-state index in [4.69, 9.17) is 0 Å². The van der Waals surface area contributed by atoms with E-state index in [-0.39, 0.29) is 23.9 Å². The summed E-state index contributed by atoms with van der Waals surface area (Å²) in [5, 5.41) is 6.25. The van der Waals surface area contributed by atoms with Gasteiger partial charge in [-0.3, -0.25) is 4.79 Å². The zero-order valence-corrected chi connectivity index (χ0v) is 7.17. The van der Waals surface area contributed by atoms with Crippen LogP contribution in [0.1, 0.15) is 19.3 Å². The lowest BCUT2D eigenvalue weighted by Crippen LogP contribution is -2.64. The molecule has 2 saturated heterocycles. The van der Waals surface area contributed by atoms with Crippen molar-refractivity contribution in [2.45, 2.75) is 24.8 Å². The maximum atomic E-state index is 10.6. The Morgan fingerprint density at radius 3 is 2.27 bits per heavy atom. The maximum Gasteiger partial charge on any atom is 0.222 e. The minimum absolute atomic E-state index is 0. The number of nitrogens with one attached hydrogen (secondary N) is 2. The Kier molecular flexibility index (Phi) is 2.40. The molecule has 0 radical (unpaired) electrons. The average Bonchev–Trinajstić information content (AvgIpc) is 1.87. The molecule has 11 heavy (non-hydrogen) atoms. The molecule has 0 bridgehead atoms. The molecule has 2 aliphatic heterocycles. The van der Waals surface area contributed by atoms with Gasteiger partial charge in [0.15, 0.2) is 0 Å². The third kappa shape index (κ3) is 1.49. The van der Waals surface area contributed by atoms with E-state index in [1.807, 2.05) is 0 Å². The van der Waals surface area contributed by atoms with Gasteiger partial charge in [0.25, 0.3) is 0 Å². The molecular formula is C7H13ClN2O. The monoisotopic (exact) mass is 176 g/mol. The standard InChI is InChI=1S/C7H12N2O.ClH/c10-6-5-7(9-6)1-3-8-4-2-7;/h8H,1-5H2,(H,9,10);1H. The van der Waals surface area contributed by atoms with Crippen LogP contribution in [-0.4, -0.2) is 24.5 Å². The predicted octanol–water partition coefficient (Wildman–Crippen LogP) is 0.0503. The van der Waals surface area contributed by atoms with E-state index < -0.39 is 0 Å². The smallest absolute Gasteiger partial charge is 0.222 e. The van der Waals surface area contributed by atoms with Crippen LogP contribution in [0.2, 0.25) is 0 Å². The Morgan fingerprint density at radius 1 is 1.27 bits per heavy atom. The Balaban J connectivity index is 0.000000605. The fraction of sp³-hybridized carbons (Fsp3) is 0.857. The molecule has 2 rings (SSSR count). The van der Waals surface area contributed by atoms with Gasteiger partial charge in [-0.1, -0.05) is 0 Å². The topological polar surface area (TPSA) is 41.1 Å². The first-order valence-corrected chi connectivity index (χ1v) is 3.83. The Morgan fingerprint density at radius 2 is 1.82 bits per heavy atom. The van der Waals surface area contributed by atoms with Crippen LogP contribution in [0.5, 0.6) is 0 Å². The molecule has 3 nitrogen and oxygen atoms in total. The molecule has 2 N–H and O–H groups in total. The highest BCUT2D eigenvalue weighted by molar-refractivity contribution is 5.85. The number of amides is 1. The van der Waals surface area contributed by atoms with Crippen molar-refractivity contribution in [3.05, 3.63) is 0 Å². The van der Waals surface area contributed by atoms with Gasteiger partial charge in [0.1, 0.15) is 0 Å². The number of piperidine rings is 1. The quantitative estimate of drug-likeness (QED) is 0.513. The molecule has 2 heterocycles. The normalized spacial score (nSPS) is 26.7. The summed E-state index contributed by atoms with van der Waals surface area (Å²) in [6, 6.07) is 0. The number of carbonyl (C=O) groups excluding carboxylic acids is 1. The average molecular weight is 177 g/mol. The lowest BCUT2D eigenvalue weighted by atomic mass is 9.79.